The van der Waals surface area contributed by atoms with Crippen LogP contribution in [0.4, 0.5) is 18.9 Å². The Bertz CT molecular complexity index is 1550. The molecule has 0 fully saturated rings. The van der Waals surface area contributed by atoms with Gasteiger partial charge < -0.3 is 14.2 Å². The lowest BCUT2D eigenvalue weighted by atomic mass is 10.1. The first-order valence-corrected chi connectivity index (χ1v) is 11.0. The number of aryl methyl sites for hydroxylation is 1. The quantitative estimate of drug-likeness (QED) is 0.300. The summed E-state index contributed by atoms with van der Waals surface area (Å²) in [5.74, 6) is -0.803. The summed E-state index contributed by atoms with van der Waals surface area (Å²) in [6.45, 7) is 1.72. The van der Waals surface area contributed by atoms with Crippen LogP contribution in [-0.2, 0) is 6.18 Å². The third-order valence-electron chi connectivity index (χ3n) is 6.00. The number of anilines is 1. The van der Waals surface area contributed by atoms with Gasteiger partial charge in [-0.15, -0.1) is 0 Å². The summed E-state index contributed by atoms with van der Waals surface area (Å²) in [6.07, 6.45) is -4.56. The zero-order valence-corrected chi connectivity index (χ0v) is 19.8. The number of ether oxygens (including phenoxy) is 3. The normalized spacial score (nSPS) is 13.2. The van der Waals surface area contributed by atoms with Crippen LogP contribution in [0, 0.1) is 6.92 Å². The SMILES string of the molecule is COc1cc(C)c2c(Oc3cccc(C(F)(F)F)c3)c(OC)cc(N3C(=O)c4ccccc4C3=O)c2n1. The Hall–Kier alpha value is -4.60. The van der Waals surface area contributed by atoms with E-state index in [0.717, 1.165) is 17.0 Å². The van der Waals surface area contributed by atoms with E-state index in [1.807, 2.05) is 0 Å². The van der Waals surface area contributed by atoms with E-state index >= 15 is 0 Å². The average Bonchev–Trinajstić information content (AvgIpc) is 3.13. The van der Waals surface area contributed by atoms with Crippen molar-refractivity contribution < 1.29 is 37.0 Å². The summed E-state index contributed by atoms with van der Waals surface area (Å²) in [7, 11) is 2.76. The highest BCUT2D eigenvalue weighted by molar-refractivity contribution is 6.36. The van der Waals surface area contributed by atoms with Gasteiger partial charge in [-0.25, -0.2) is 9.88 Å². The zero-order valence-electron chi connectivity index (χ0n) is 19.8. The van der Waals surface area contributed by atoms with Crippen molar-refractivity contribution in [2.24, 2.45) is 0 Å². The van der Waals surface area contributed by atoms with E-state index in [-0.39, 0.29) is 45.5 Å². The first kappa shape index (κ1) is 24.1. The van der Waals surface area contributed by atoms with Crippen LogP contribution < -0.4 is 19.1 Å². The molecule has 1 aromatic heterocycles. The fourth-order valence-electron chi connectivity index (χ4n) is 4.29. The third-order valence-corrected chi connectivity index (χ3v) is 6.00. The Morgan fingerprint density at radius 3 is 2.14 bits per heavy atom. The predicted molar refractivity (Wildman–Crippen MR) is 129 cm³/mol. The lowest BCUT2D eigenvalue weighted by Crippen LogP contribution is -2.29. The number of carbonyl (C=O) groups excluding carboxylic acids is 2. The molecular weight excluding hydrogens is 489 g/mol. The summed E-state index contributed by atoms with van der Waals surface area (Å²) >= 11 is 0. The number of amides is 2. The fraction of sp³-hybridized carbons (Fsp3) is 0.148. The summed E-state index contributed by atoms with van der Waals surface area (Å²) < 4.78 is 56.6. The number of methoxy groups -OCH3 is 2. The maximum Gasteiger partial charge on any atom is 0.416 e. The number of rotatable bonds is 5. The lowest BCUT2D eigenvalue weighted by molar-refractivity contribution is -0.137. The largest absolute Gasteiger partial charge is 0.493 e. The van der Waals surface area contributed by atoms with Gasteiger partial charge in [-0.05, 0) is 42.8 Å². The molecule has 188 valence electrons. The highest BCUT2D eigenvalue weighted by Gasteiger charge is 2.39. The first-order valence-electron chi connectivity index (χ1n) is 11.0. The molecule has 0 spiro atoms. The number of carbonyl (C=O) groups is 2. The van der Waals surface area contributed by atoms with Gasteiger partial charge in [0.2, 0.25) is 5.88 Å². The molecule has 0 bridgehead atoms. The van der Waals surface area contributed by atoms with Crippen molar-refractivity contribution in [2.45, 2.75) is 13.1 Å². The average molecular weight is 508 g/mol. The number of alkyl halides is 3. The maximum atomic E-state index is 13.3. The van der Waals surface area contributed by atoms with Gasteiger partial charge in [0.05, 0.1) is 42.0 Å². The highest BCUT2D eigenvalue weighted by Crippen LogP contribution is 2.47. The van der Waals surface area contributed by atoms with Gasteiger partial charge in [-0.3, -0.25) is 9.59 Å². The Kier molecular flexibility index (Phi) is 5.74. The molecule has 7 nitrogen and oxygen atoms in total. The molecule has 1 aliphatic rings. The van der Waals surface area contributed by atoms with Crippen LogP contribution in [0.3, 0.4) is 0 Å². The van der Waals surface area contributed by atoms with Gasteiger partial charge >= 0.3 is 6.18 Å². The molecule has 0 saturated heterocycles. The third kappa shape index (κ3) is 4.00. The molecule has 0 N–H and O–H groups in total. The van der Waals surface area contributed by atoms with Crippen LogP contribution in [0.15, 0.2) is 60.7 Å². The van der Waals surface area contributed by atoms with E-state index in [0.29, 0.717) is 10.9 Å². The van der Waals surface area contributed by atoms with Crippen LogP contribution >= 0.6 is 0 Å². The molecule has 0 aliphatic carbocycles. The minimum Gasteiger partial charge on any atom is -0.493 e. The Labute approximate surface area is 209 Å². The van der Waals surface area contributed by atoms with Gasteiger partial charge in [-0.2, -0.15) is 13.2 Å². The minimum absolute atomic E-state index is 0.0739. The Morgan fingerprint density at radius 2 is 1.54 bits per heavy atom. The molecule has 2 amide bonds. The number of benzene rings is 3. The monoisotopic (exact) mass is 508 g/mol. The van der Waals surface area contributed by atoms with E-state index in [4.69, 9.17) is 14.2 Å². The number of hydrogen-bond donors (Lipinski definition) is 0. The van der Waals surface area contributed by atoms with Crippen molar-refractivity contribution >= 4 is 28.4 Å². The van der Waals surface area contributed by atoms with Gasteiger partial charge in [-0.1, -0.05) is 18.2 Å². The van der Waals surface area contributed by atoms with Crippen molar-refractivity contribution in [3.63, 3.8) is 0 Å². The molecule has 37 heavy (non-hydrogen) atoms. The molecule has 0 atom stereocenters. The number of fused-ring (bicyclic) bond motifs is 2. The minimum atomic E-state index is -4.56. The van der Waals surface area contributed by atoms with Gasteiger partial charge in [0.25, 0.3) is 11.8 Å². The van der Waals surface area contributed by atoms with Crippen LogP contribution in [0.25, 0.3) is 10.9 Å². The molecule has 1 aliphatic heterocycles. The van der Waals surface area contributed by atoms with E-state index in [1.165, 1.54) is 32.4 Å². The lowest BCUT2D eigenvalue weighted by Gasteiger charge is -2.21. The van der Waals surface area contributed by atoms with E-state index in [9.17, 15) is 22.8 Å². The summed E-state index contributed by atoms with van der Waals surface area (Å²) in [6, 6.07) is 13.8. The Balaban J connectivity index is 1.74. The summed E-state index contributed by atoms with van der Waals surface area (Å²) in [5, 5.41) is 0.337. The molecule has 0 saturated carbocycles. The smallest absolute Gasteiger partial charge is 0.416 e. The molecule has 10 heteroatoms. The standard InChI is InChI=1S/C27H19F3N2O5/c1-14-11-21(36-3)31-23-19(32-25(33)17-9-4-5-10-18(17)26(32)34)13-20(35-2)24(22(14)23)37-16-8-6-7-15(12-16)27(28,29)30/h4-13H,1-3H3. The van der Waals surface area contributed by atoms with Crippen LogP contribution in [0.5, 0.6) is 23.1 Å². The van der Waals surface area contributed by atoms with Crippen LogP contribution in [0.2, 0.25) is 0 Å². The topological polar surface area (TPSA) is 78.0 Å². The number of halogens is 3. The number of nitrogens with zero attached hydrogens (tertiary/aromatic N) is 2. The van der Waals surface area contributed by atoms with Crippen LogP contribution in [-0.4, -0.2) is 31.0 Å². The number of aromatic nitrogens is 1. The van der Waals surface area contributed by atoms with Crippen molar-refractivity contribution in [3.8, 4) is 23.1 Å². The zero-order chi connectivity index (χ0) is 26.5. The molecule has 0 unspecified atom stereocenters. The van der Waals surface area contributed by atoms with E-state index < -0.39 is 23.6 Å². The number of pyridine rings is 1. The highest BCUT2D eigenvalue weighted by atomic mass is 19.4. The molecule has 0 radical (unpaired) electrons. The Morgan fingerprint density at radius 1 is 0.865 bits per heavy atom. The van der Waals surface area contributed by atoms with Crippen molar-refractivity contribution in [1.29, 1.82) is 0 Å². The van der Waals surface area contributed by atoms with Crippen molar-refractivity contribution in [1.82, 2.24) is 4.98 Å². The van der Waals surface area contributed by atoms with Gasteiger partial charge in [0.15, 0.2) is 11.5 Å². The molecule has 4 aromatic rings. The second-order valence-electron chi connectivity index (χ2n) is 8.25. The number of hydrogen-bond acceptors (Lipinski definition) is 6. The van der Waals surface area contributed by atoms with E-state index in [2.05, 4.69) is 4.98 Å². The molecule has 5 rings (SSSR count). The van der Waals surface area contributed by atoms with Crippen molar-refractivity contribution in [3.05, 3.63) is 82.9 Å². The van der Waals surface area contributed by atoms with Gasteiger partial charge in [0.1, 0.15) is 11.3 Å². The summed E-state index contributed by atoms with van der Waals surface area (Å²) in [5.41, 5.74) is 0.464. The fourth-order valence-corrected chi connectivity index (χ4v) is 4.29. The number of imide groups is 1. The van der Waals surface area contributed by atoms with E-state index in [1.54, 1.807) is 37.3 Å². The van der Waals surface area contributed by atoms with Crippen molar-refractivity contribution in [2.75, 3.05) is 19.1 Å². The van der Waals surface area contributed by atoms with Crippen LogP contribution in [0.1, 0.15) is 31.8 Å². The molecule has 3 aromatic carbocycles. The molecular formula is C27H19F3N2O5. The second kappa shape index (κ2) is 8.81. The summed E-state index contributed by atoms with van der Waals surface area (Å²) in [4.78, 5) is 32.0. The molecule has 2 heterocycles. The second-order valence-corrected chi connectivity index (χ2v) is 8.25. The first-order chi connectivity index (χ1) is 17.6. The predicted octanol–water partition coefficient (Wildman–Crippen LogP) is 6.17. The van der Waals surface area contributed by atoms with Gasteiger partial charge in [0, 0.05) is 12.1 Å². The maximum absolute atomic E-state index is 13.3.